The number of hydrogen-bond donors (Lipinski definition) is 3. The molecule has 0 aromatic rings. The molecule has 4 nitrogen and oxygen atoms in total. The minimum atomic E-state index is -0.323. The summed E-state index contributed by atoms with van der Waals surface area (Å²) in [5, 5.41) is 15.7. The fourth-order valence-corrected chi connectivity index (χ4v) is 2.80. The van der Waals surface area contributed by atoms with Crippen LogP contribution >= 0.6 is 0 Å². The standard InChI is InChI=1S/C12H22N2O2/c15-9-12(6-2-3-7-12)14-11(16)10-5-1-4-8-13-10/h10,13,15H,1-9H2,(H,14,16). The molecule has 92 valence electrons. The van der Waals surface area contributed by atoms with E-state index in [1.54, 1.807) is 0 Å². The summed E-state index contributed by atoms with van der Waals surface area (Å²) in [6.07, 6.45) is 7.27. The number of nitrogens with one attached hydrogen (secondary N) is 2. The van der Waals surface area contributed by atoms with Gasteiger partial charge in [0.2, 0.25) is 5.91 Å². The number of carbonyl (C=O) groups is 1. The van der Waals surface area contributed by atoms with E-state index in [-0.39, 0.29) is 24.1 Å². The summed E-state index contributed by atoms with van der Waals surface area (Å²) >= 11 is 0. The molecule has 0 aromatic carbocycles. The van der Waals surface area contributed by atoms with Crippen molar-refractivity contribution >= 4 is 5.91 Å². The number of carbonyl (C=O) groups excluding carboxylic acids is 1. The van der Waals surface area contributed by atoms with Crippen molar-refractivity contribution in [1.29, 1.82) is 0 Å². The first-order chi connectivity index (χ1) is 7.76. The van der Waals surface area contributed by atoms with Crippen LogP contribution in [0.15, 0.2) is 0 Å². The van der Waals surface area contributed by atoms with Gasteiger partial charge in [-0.3, -0.25) is 4.79 Å². The molecule has 3 N–H and O–H groups in total. The summed E-state index contributed by atoms with van der Waals surface area (Å²) in [6, 6.07) is -0.0437. The van der Waals surface area contributed by atoms with Crippen molar-refractivity contribution in [3.63, 3.8) is 0 Å². The molecule has 2 fully saturated rings. The zero-order chi connectivity index (χ0) is 11.4. The van der Waals surface area contributed by atoms with Crippen molar-refractivity contribution in [2.75, 3.05) is 13.2 Å². The molecular formula is C12H22N2O2. The molecule has 2 rings (SSSR count). The lowest BCUT2D eigenvalue weighted by Crippen LogP contribution is -2.56. The van der Waals surface area contributed by atoms with E-state index in [0.29, 0.717) is 0 Å². The summed E-state index contributed by atoms with van der Waals surface area (Å²) in [6.45, 7) is 1.01. The predicted molar refractivity (Wildman–Crippen MR) is 62.1 cm³/mol. The Morgan fingerprint density at radius 3 is 2.62 bits per heavy atom. The van der Waals surface area contributed by atoms with Crippen molar-refractivity contribution in [2.45, 2.75) is 56.5 Å². The molecule has 1 amide bonds. The maximum atomic E-state index is 12.0. The number of piperidine rings is 1. The molecule has 0 bridgehead atoms. The van der Waals surface area contributed by atoms with Gasteiger partial charge in [0.15, 0.2) is 0 Å². The number of hydrogen-bond acceptors (Lipinski definition) is 3. The van der Waals surface area contributed by atoms with Gasteiger partial charge in [-0.15, -0.1) is 0 Å². The van der Waals surface area contributed by atoms with Crippen LogP contribution in [-0.4, -0.2) is 35.7 Å². The van der Waals surface area contributed by atoms with Gasteiger partial charge in [-0.05, 0) is 32.2 Å². The molecule has 0 radical (unpaired) electrons. The molecular weight excluding hydrogens is 204 g/mol. The Morgan fingerprint density at radius 2 is 2.06 bits per heavy atom. The summed E-state index contributed by atoms with van der Waals surface area (Å²) in [4.78, 5) is 12.0. The summed E-state index contributed by atoms with van der Waals surface area (Å²) in [5.74, 6) is 0.0793. The Kier molecular flexibility index (Phi) is 3.82. The smallest absolute Gasteiger partial charge is 0.237 e. The third-order valence-electron chi connectivity index (χ3n) is 3.88. The molecule has 1 unspecified atom stereocenters. The van der Waals surface area contributed by atoms with E-state index in [9.17, 15) is 9.90 Å². The normalized spacial score (nSPS) is 28.9. The zero-order valence-electron chi connectivity index (χ0n) is 9.80. The second kappa shape index (κ2) is 5.15. The Morgan fingerprint density at radius 1 is 1.31 bits per heavy atom. The Labute approximate surface area is 96.8 Å². The van der Waals surface area contributed by atoms with E-state index in [4.69, 9.17) is 0 Å². The van der Waals surface area contributed by atoms with Gasteiger partial charge in [0.05, 0.1) is 18.2 Å². The van der Waals surface area contributed by atoms with Gasteiger partial charge in [-0.1, -0.05) is 19.3 Å². The highest BCUT2D eigenvalue weighted by Gasteiger charge is 2.36. The fraction of sp³-hybridized carbons (Fsp3) is 0.917. The maximum absolute atomic E-state index is 12.0. The van der Waals surface area contributed by atoms with Crippen LogP contribution in [0, 0.1) is 0 Å². The van der Waals surface area contributed by atoms with Gasteiger partial charge in [0.25, 0.3) is 0 Å². The Bertz CT molecular complexity index is 243. The minimum absolute atomic E-state index is 0.0437. The molecule has 1 atom stereocenters. The van der Waals surface area contributed by atoms with Gasteiger partial charge in [0.1, 0.15) is 0 Å². The summed E-state index contributed by atoms with van der Waals surface area (Å²) in [7, 11) is 0. The van der Waals surface area contributed by atoms with Gasteiger partial charge >= 0.3 is 0 Å². The number of aliphatic hydroxyl groups is 1. The molecule has 16 heavy (non-hydrogen) atoms. The first kappa shape index (κ1) is 11.9. The lowest BCUT2D eigenvalue weighted by atomic mass is 9.97. The highest BCUT2D eigenvalue weighted by Crippen LogP contribution is 2.29. The van der Waals surface area contributed by atoms with E-state index in [1.807, 2.05) is 0 Å². The lowest BCUT2D eigenvalue weighted by Gasteiger charge is -2.31. The van der Waals surface area contributed by atoms with Crippen LogP contribution in [0.1, 0.15) is 44.9 Å². The third-order valence-corrected chi connectivity index (χ3v) is 3.88. The average molecular weight is 226 g/mol. The number of amides is 1. The first-order valence-electron chi connectivity index (χ1n) is 6.42. The van der Waals surface area contributed by atoms with E-state index >= 15 is 0 Å². The monoisotopic (exact) mass is 226 g/mol. The quantitative estimate of drug-likeness (QED) is 0.658. The highest BCUT2D eigenvalue weighted by molar-refractivity contribution is 5.82. The zero-order valence-corrected chi connectivity index (χ0v) is 9.80. The first-order valence-corrected chi connectivity index (χ1v) is 6.42. The SMILES string of the molecule is O=C(NC1(CO)CCCC1)C1CCCCN1. The second-order valence-electron chi connectivity index (χ2n) is 5.14. The van der Waals surface area contributed by atoms with E-state index in [2.05, 4.69) is 10.6 Å². The maximum Gasteiger partial charge on any atom is 0.237 e. The third kappa shape index (κ3) is 2.55. The largest absolute Gasteiger partial charge is 0.394 e. The fourth-order valence-electron chi connectivity index (χ4n) is 2.80. The summed E-state index contributed by atoms with van der Waals surface area (Å²) in [5.41, 5.74) is -0.323. The van der Waals surface area contributed by atoms with Crippen LogP contribution in [0.5, 0.6) is 0 Å². The molecule has 1 aliphatic carbocycles. The van der Waals surface area contributed by atoms with Crippen LogP contribution in [0.2, 0.25) is 0 Å². The topological polar surface area (TPSA) is 61.4 Å². The molecule has 4 heteroatoms. The van der Waals surface area contributed by atoms with E-state index in [1.165, 1.54) is 0 Å². The van der Waals surface area contributed by atoms with E-state index < -0.39 is 0 Å². The van der Waals surface area contributed by atoms with Crippen molar-refractivity contribution in [3.8, 4) is 0 Å². The van der Waals surface area contributed by atoms with Crippen molar-refractivity contribution in [2.24, 2.45) is 0 Å². The molecule has 0 spiro atoms. The van der Waals surface area contributed by atoms with Gasteiger partial charge < -0.3 is 15.7 Å². The van der Waals surface area contributed by atoms with Crippen LogP contribution in [0.4, 0.5) is 0 Å². The molecule has 2 aliphatic rings. The number of rotatable bonds is 3. The molecule has 1 heterocycles. The average Bonchev–Trinajstić information content (AvgIpc) is 2.79. The Hall–Kier alpha value is -0.610. The van der Waals surface area contributed by atoms with Crippen LogP contribution < -0.4 is 10.6 Å². The molecule has 1 saturated heterocycles. The minimum Gasteiger partial charge on any atom is -0.394 e. The highest BCUT2D eigenvalue weighted by atomic mass is 16.3. The van der Waals surface area contributed by atoms with Crippen molar-refractivity contribution in [3.05, 3.63) is 0 Å². The van der Waals surface area contributed by atoms with Crippen LogP contribution in [0.25, 0.3) is 0 Å². The van der Waals surface area contributed by atoms with Crippen molar-refractivity contribution in [1.82, 2.24) is 10.6 Å². The van der Waals surface area contributed by atoms with Crippen LogP contribution in [0.3, 0.4) is 0 Å². The van der Waals surface area contributed by atoms with E-state index in [0.717, 1.165) is 51.5 Å². The summed E-state index contributed by atoms with van der Waals surface area (Å²) < 4.78 is 0. The Balaban J connectivity index is 1.89. The predicted octanol–water partition coefficient (Wildman–Crippen LogP) is 0.550. The van der Waals surface area contributed by atoms with Gasteiger partial charge in [0, 0.05) is 0 Å². The molecule has 1 aliphatic heterocycles. The van der Waals surface area contributed by atoms with Crippen molar-refractivity contribution < 1.29 is 9.90 Å². The second-order valence-corrected chi connectivity index (χ2v) is 5.14. The van der Waals surface area contributed by atoms with Gasteiger partial charge in [-0.2, -0.15) is 0 Å². The lowest BCUT2D eigenvalue weighted by molar-refractivity contribution is -0.126. The van der Waals surface area contributed by atoms with Crippen LogP contribution in [-0.2, 0) is 4.79 Å². The number of aliphatic hydroxyl groups excluding tert-OH is 1. The van der Waals surface area contributed by atoms with Gasteiger partial charge in [-0.25, -0.2) is 0 Å². The molecule has 0 aromatic heterocycles. The molecule has 1 saturated carbocycles.